The SMILES string of the molecule is COC(=O)[C@@H](Cc1cccc(C#N)c1)NC(=O)[C@@H](NC(=O)OCc1ccccc1)[C@@H](C)O. The van der Waals surface area contributed by atoms with Gasteiger partial charge in [-0.2, -0.15) is 5.26 Å². The third-order valence-corrected chi connectivity index (χ3v) is 4.55. The normalized spacial score (nSPS) is 13.1. The van der Waals surface area contributed by atoms with Gasteiger partial charge in [0.1, 0.15) is 18.7 Å². The quantitative estimate of drug-likeness (QED) is 0.503. The number of aliphatic hydroxyl groups excluding tert-OH is 1. The number of amides is 2. The second kappa shape index (κ2) is 12.1. The fourth-order valence-corrected chi connectivity index (χ4v) is 2.90. The van der Waals surface area contributed by atoms with E-state index in [2.05, 4.69) is 10.6 Å². The number of aliphatic hydroxyl groups is 1. The molecule has 0 saturated carbocycles. The van der Waals surface area contributed by atoms with Gasteiger partial charge in [0, 0.05) is 6.42 Å². The predicted molar refractivity (Wildman–Crippen MR) is 114 cm³/mol. The van der Waals surface area contributed by atoms with Gasteiger partial charge in [0.05, 0.1) is 24.8 Å². The minimum Gasteiger partial charge on any atom is -0.467 e. The lowest BCUT2D eigenvalue weighted by Crippen LogP contribution is -2.56. The summed E-state index contributed by atoms with van der Waals surface area (Å²) in [5.74, 6) is -1.50. The highest BCUT2D eigenvalue weighted by molar-refractivity contribution is 5.90. The number of esters is 1. The van der Waals surface area contributed by atoms with E-state index in [0.717, 1.165) is 5.56 Å². The summed E-state index contributed by atoms with van der Waals surface area (Å²) >= 11 is 0. The second-order valence-corrected chi connectivity index (χ2v) is 7.02. The molecule has 0 saturated heterocycles. The fourth-order valence-electron chi connectivity index (χ4n) is 2.90. The van der Waals surface area contributed by atoms with Gasteiger partial charge in [-0.15, -0.1) is 0 Å². The summed E-state index contributed by atoms with van der Waals surface area (Å²) in [6.07, 6.45) is -2.11. The van der Waals surface area contributed by atoms with E-state index in [1.165, 1.54) is 14.0 Å². The average Bonchev–Trinajstić information content (AvgIpc) is 2.80. The van der Waals surface area contributed by atoms with E-state index in [1.807, 2.05) is 12.1 Å². The highest BCUT2D eigenvalue weighted by atomic mass is 16.5. The van der Waals surface area contributed by atoms with Gasteiger partial charge in [0.15, 0.2) is 0 Å². The van der Waals surface area contributed by atoms with Crippen molar-refractivity contribution < 1.29 is 29.0 Å². The number of ether oxygens (including phenoxy) is 2. The van der Waals surface area contributed by atoms with Gasteiger partial charge in [-0.1, -0.05) is 42.5 Å². The smallest absolute Gasteiger partial charge is 0.408 e. The van der Waals surface area contributed by atoms with Gasteiger partial charge < -0.3 is 25.2 Å². The molecule has 0 aliphatic carbocycles. The van der Waals surface area contributed by atoms with Gasteiger partial charge >= 0.3 is 12.1 Å². The number of carbonyl (C=O) groups is 3. The van der Waals surface area contributed by atoms with Crippen LogP contribution in [-0.4, -0.2) is 48.4 Å². The predicted octanol–water partition coefficient (Wildman–Crippen LogP) is 1.43. The van der Waals surface area contributed by atoms with Crippen molar-refractivity contribution in [3.8, 4) is 6.07 Å². The molecule has 2 rings (SSSR count). The van der Waals surface area contributed by atoms with E-state index in [-0.39, 0.29) is 13.0 Å². The van der Waals surface area contributed by atoms with E-state index in [0.29, 0.717) is 11.1 Å². The molecule has 0 heterocycles. The van der Waals surface area contributed by atoms with Gasteiger partial charge in [-0.25, -0.2) is 9.59 Å². The zero-order valence-electron chi connectivity index (χ0n) is 17.8. The van der Waals surface area contributed by atoms with Crippen LogP contribution in [0.4, 0.5) is 4.79 Å². The Morgan fingerprint density at radius 3 is 2.38 bits per heavy atom. The molecule has 0 aliphatic rings. The number of carbonyl (C=O) groups excluding carboxylic acids is 3. The van der Waals surface area contributed by atoms with Crippen molar-refractivity contribution in [2.45, 2.75) is 38.1 Å². The first-order chi connectivity index (χ1) is 15.3. The van der Waals surface area contributed by atoms with Crippen LogP contribution in [0.5, 0.6) is 0 Å². The number of alkyl carbamates (subject to hydrolysis) is 1. The second-order valence-electron chi connectivity index (χ2n) is 7.02. The number of hydrogen-bond acceptors (Lipinski definition) is 7. The standard InChI is InChI=1S/C23H25N3O6/c1-15(27)20(26-23(30)32-14-16-7-4-3-5-8-16)21(28)25-19(22(29)31-2)12-17-9-6-10-18(11-17)13-24/h3-11,15,19-20,27H,12,14H2,1-2H3,(H,25,28)(H,26,30)/t15-,19-,20+/m1/s1. The Morgan fingerprint density at radius 1 is 1.06 bits per heavy atom. The molecule has 0 bridgehead atoms. The Balaban J connectivity index is 2.04. The van der Waals surface area contributed by atoms with E-state index >= 15 is 0 Å². The van der Waals surface area contributed by atoms with Crippen molar-refractivity contribution in [3.63, 3.8) is 0 Å². The molecule has 168 valence electrons. The molecule has 2 aromatic carbocycles. The maximum Gasteiger partial charge on any atom is 0.408 e. The number of rotatable bonds is 9. The lowest BCUT2D eigenvalue weighted by atomic mass is 10.0. The maximum absolute atomic E-state index is 12.7. The van der Waals surface area contributed by atoms with Crippen molar-refractivity contribution in [3.05, 3.63) is 71.3 Å². The number of nitrogens with one attached hydrogen (secondary N) is 2. The largest absolute Gasteiger partial charge is 0.467 e. The Labute approximate surface area is 186 Å². The average molecular weight is 439 g/mol. The highest BCUT2D eigenvalue weighted by Gasteiger charge is 2.30. The van der Waals surface area contributed by atoms with Crippen LogP contribution >= 0.6 is 0 Å². The van der Waals surface area contributed by atoms with E-state index in [4.69, 9.17) is 14.7 Å². The van der Waals surface area contributed by atoms with Gasteiger partial charge in [-0.05, 0) is 30.2 Å². The molecule has 0 aromatic heterocycles. The molecule has 9 heteroatoms. The van der Waals surface area contributed by atoms with Crippen LogP contribution < -0.4 is 10.6 Å². The molecule has 9 nitrogen and oxygen atoms in total. The number of methoxy groups -OCH3 is 1. The zero-order valence-corrected chi connectivity index (χ0v) is 17.8. The molecular formula is C23H25N3O6. The van der Waals surface area contributed by atoms with Crippen LogP contribution in [-0.2, 0) is 32.1 Å². The molecule has 3 atom stereocenters. The molecule has 2 amide bonds. The maximum atomic E-state index is 12.7. The number of nitrogens with zero attached hydrogens (tertiary/aromatic N) is 1. The van der Waals surface area contributed by atoms with Crippen LogP contribution in [0.1, 0.15) is 23.6 Å². The molecule has 0 unspecified atom stereocenters. The minimum absolute atomic E-state index is 0.0131. The van der Waals surface area contributed by atoms with Crippen molar-refractivity contribution >= 4 is 18.0 Å². The molecule has 0 radical (unpaired) electrons. The molecule has 0 aliphatic heterocycles. The van der Waals surface area contributed by atoms with Gasteiger partial charge in [-0.3, -0.25) is 4.79 Å². The molecule has 2 aromatic rings. The molecular weight excluding hydrogens is 414 g/mol. The van der Waals surface area contributed by atoms with E-state index < -0.39 is 36.2 Å². The van der Waals surface area contributed by atoms with E-state index in [1.54, 1.807) is 48.5 Å². The third-order valence-electron chi connectivity index (χ3n) is 4.55. The van der Waals surface area contributed by atoms with Crippen LogP contribution in [0.3, 0.4) is 0 Å². The van der Waals surface area contributed by atoms with Gasteiger partial charge in [0.2, 0.25) is 5.91 Å². The third kappa shape index (κ3) is 7.41. The lowest BCUT2D eigenvalue weighted by Gasteiger charge is -2.24. The van der Waals surface area contributed by atoms with Crippen LogP contribution in [0, 0.1) is 11.3 Å². The van der Waals surface area contributed by atoms with Crippen LogP contribution in [0.2, 0.25) is 0 Å². The van der Waals surface area contributed by atoms with Crippen LogP contribution in [0.15, 0.2) is 54.6 Å². The summed E-state index contributed by atoms with van der Waals surface area (Å²) in [7, 11) is 1.18. The number of benzene rings is 2. The Morgan fingerprint density at radius 2 is 1.75 bits per heavy atom. The first-order valence-electron chi connectivity index (χ1n) is 9.86. The molecule has 0 fully saturated rings. The molecule has 0 spiro atoms. The number of nitriles is 1. The Kier molecular flexibility index (Phi) is 9.20. The Hall–Kier alpha value is -3.90. The highest BCUT2D eigenvalue weighted by Crippen LogP contribution is 2.09. The molecule has 32 heavy (non-hydrogen) atoms. The first kappa shape index (κ1) is 24.4. The molecule has 3 N–H and O–H groups in total. The van der Waals surface area contributed by atoms with Crippen LogP contribution in [0.25, 0.3) is 0 Å². The first-order valence-corrected chi connectivity index (χ1v) is 9.86. The summed E-state index contributed by atoms with van der Waals surface area (Å²) in [5, 5.41) is 23.8. The fraction of sp³-hybridized carbons (Fsp3) is 0.304. The zero-order chi connectivity index (χ0) is 23.5. The van der Waals surface area contributed by atoms with Crippen molar-refractivity contribution in [1.29, 1.82) is 5.26 Å². The van der Waals surface area contributed by atoms with Crippen molar-refractivity contribution in [1.82, 2.24) is 10.6 Å². The van der Waals surface area contributed by atoms with Crippen molar-refractivity contribution in [2.75, 3.05) is 7.11 Å². The topological polar surface area (TPSA) is 138 Å². The summed E-state index contributed by atoms with van der Waals surface area (Å²) in [6.45, 7) is 1.31. The van der Waals surface area contributed by atoms with Gasteiger partial charge in [0.25, 0.3) is 0 Å². The summed E-state index contributed by atoms with van der Waals surface area (Å²) < 4.78 is 9.85. The van der Waals surface area contributed by atoms with E-state index in [9.17, 15) is 19.5 Å². The summed E-state index contributed by atoms with van der Waals surface area (Å²) in [5.41, 5.74) is 1.79. The lowest BCUT2D eigenvalue weighted by molar-refractivity contribution is -0.145. The minimum atomic E-state index is -1.36. The van der Waals surface area contributed by atoms with Crippen molar-refractivity contribution in [2.24, 2.45) is 0 Å². The summed E-state index contributed by atoms with van der Waals surface area (Å²) in [6, 6.07) is 15.1. The summed E-state index contributed by atoms with van der Waals surface area (Å²) in [4.78, 5) is 37.1. The number of hydrogen-bond donors (Lipinski definition) is 3. The Bertz CT molecular complexity index is 971. The monoisotopic (exact) mass is 439 g/mol.